The highest BCUT2D eigenvalue weighted by atomic mass is 79.9. The number of rotatable bonds is 3. The summed E-state index contributed by atoms with van der Waals surface area (Å²) >= 11 is 3.55. The van der Waals surface area contributed by atoms with Crippen LogP contribution in [0.3, 0.4) is 0 Å². The van der Waals surface area contributed by atoms with Gasteiger partial charge in [-0.25, -0.2) is 0 Å². The lowest BCUT2D eigenvalue weighted by atomic mass is 9.79. The Hall–Kier alpha value is -0.380. The summed E-state index contributed by atoms with van der Waals surface area (Å²) in [6, 6.07) is 7.14. The van der Waals surface area contributed by atoms with Crippen LogP contribution in [0.4, 0.5) is 0 Å². The fraction of sp³-hybridized carbons (Fsp3) is 0.667. The van der Waals surface area contributed by atoms with Gasteiger partial charge in [0.2, 0.25) is 0 Å². The summed E-state index contributed by atoms with van der Waals surface area (Å²) in [4.78, 5) is 0. The van der Waals surface area contributed by atoms with Gasteiger partial charge in [-0.1, -0.05) is 28.9 Å². The van der Waals surface area contributed by atoms with Gasteiger partial charge < -0.3 is 10.4 Å². The van der Waals surface area contributed by atoms with Crippen LogP contribution in [0.5, 0.6) is 0 Å². The average molecular weight is 352 g/mol. The van der Waals surface area contributed by atoms with Crippen molar-refractivity contribution in [1.82, 2.24) is 5.32 Å². The van der Waals surface area contributed by atoms with Crippen molar-refractivity contribution in [1.29, 1.82) is 0 Å². The number of hydrogen-bond acceptors (Lipinski definition) is 2. The molecule has 0 bridgehead atoms. The number of aryl methyl sites for hydroxylation is 1. The maximum absolute atomic E-state index is 10.7. The van der Waals surface area contributed by atoms with Gasteiger partial charge in [-0.05, 0) is 74.1 Å². The zero-order valence-corrected chi connectivity index (χ0v) is 14.5. The van der Waals surface area contributed by atoms with Gasteiger partial charge in [-0.3, -0.25) is 0 Å². The Balaban J connectivity index is 1.54. The van der Waals surface area contributed by atoms with E-state index in [-0.39, 0.29) is 0 Å². The Bertz CT molecular complexity index is 494. The van der Waals surface area contributed by atoms with Gasteiger partial charge in [0.1, 0.15) is 0 Å². The Morgan fingerprint density at radius 1 is 1.24 bits per heavy atom. The quantitative estimate of drug-likeness (QED) is 0.866. The third-order valence-electron chi connectivity index (χ3n) is 5.32. The van der Waals surface area contributed by atoms with Crippen molar-refractivity contribution < 1.29 is 5.11 Å². The number of benzene rings is 1. The lowest BCUT2D eigenvalue weighted by molar-refractivity contribution is -0.00845. The predicted molar refractivity (Wildman–Crippen MR) is 90.5 cm³/mol. The highest BCUT2D eigenvalue weighted by molar-refractivity contribution is 9.10. The molecule has 0 spiro atoms. The second-order valence-electron chi connectivity index (χ2n) is 7.14. The predicted octanol–water partition coefficient (Wildman–Crippen LogP) is 3.84. The van der Waals surface area contributed by atoms with Gasteiger partial charge >= 0.3 is 0 Å². The third kappa shape index (κ3) is 3.88. The highest BCUT2D eigenvalue weighted by Crippen LogP contribution is 2.32. The molecule has 0 heterocycles. The van der Waals surface area contributed by atoms with E-state index in [1.165, 1.54) is 34.9 Å². The summed E-state index contributed by atoms with van der Waals surface area (Å²) in [5.41, 5.74) is 2.48. The molecule has 0 aromatic heterocycles. The summed E-state index contributed by atoms with van der Waals surface area (Å²) in [5, 5.41) is 14.3. The monoisotopic (exact) mass is 351 g/mol. The fourth-order valence-electron chi connectivity index (χ4n) is 3.71. The second kappa shape index (κ2) is 6.39. The molecule has 0 amide bonds. The van der Waals surface area contributed by atoms with Crippen LogP contribution in [0, 0.1) is 5.92 Å². The molecule has 1 atom stereocenters. The SMILES string of the molecule is CC1CCC(O)(CNC2CCc3cc(Br)ccc3C2)CC1. The molecular formula is C18H26BrNO. The number of nitrogens with one attached hydrogen (secondary N) is 1. The molecule has 1 aromatic rings. The Labute approximate surface area is 136 Å². The molecule has 0 saturated heterocycles. The molecule has 2 aliphatic rings. The molecule has 1 saturated carbocycles. The van der Waals surface area contributed by atoms with Crippen LogP contribution in [-0.2, 0) is 12.8 Å². The van der Waals surface area contributed by atoms with Gasteiger partial charge in [-0.2, -0.15) is 0 Å². The van der Waals surface area contributed by atoms with Gasteiger partial charge in [0.05, 0.1) is 5.60 Å². The number of halogens is 1. The van der Waals surface area contributed by atoms with Crippen LogP contribution in [0.1, 0.15) is 50.2 Å². The molecule has 2 nitrogen and oxygen atoms in total. The van der Waals surface area contributed by atoms with Gasteiger partial charge in [-0.15, -0.1) is 0 Å². The van der Waals surface area contributed by atoms with E-state index in [0.717, 1.165) is 38.1 Å². The van der Waals surface area contributed by atoms with Crippen molar-refractivity contribution in [2.75, 3.05) is 6.54 Å². The molecule has 1 fully saturated rings. The van der Waals surface area contributed by atoms with Crippen molar-refractivity contribution in [3.63, 3.8) is 0 Å². The minimum absolute atomic E-state index is 0.466. The molecular weight excluding hydrogens is 326 g/mol. The minimum Gasteiger partial charge on any atom is -0.389 e. The number of fused-ring (bicyclic) bond motifs is 1. The zero-order chi connectivity index (χ0) is 14.9. The summed E-state index contributed by atoms with van der Waals surface area (Å²) in [6.07, 6.45) is 7.65. The first-order valence-corrected chi connectivity index (χ1v) is 9.06. The largest absolute Gasteiger partial charge is 0.389 e. The van der Waals surface area contributed by atoms with E-state index >= 15 is 0 Å². The molecule has 1 unspecified atom stereocenters. The van der Waals surface area contributed by atoms with Crippen molar-refractivity contribution in [2.24, 2.45) is 5.92 Å². The van der Waals surface area contributed by atoms with Gasteiger partial charge in [0.25, 0.3) is 0 Å². The smallest absolute Gasteiger partial charge is 0.0771 e. The van der Waals surface area contributed by atoms with E-state index in [9.17, 15) is 5.11 Å². The highest BCUT2D eigenvalue weighted by Gasteiger charge is 2.32. The van der Waals surface area contributed by atoms with Crippen LogP contribution >= 0.6 is 15.9 Å². The molecule has 2 aliphatic carbocycles. The van der Waals surface area contributed by atoms with Crippen molar-refractivity contribution in [2.45, 2.75) is 63.5 Å². The van der Waals surface area contributed by atoms with Crippen LogP contribution in [-0.4, -0.2) is 23.3 Å². The second-order valence-corrected chi connectivity index (χ2v) is 8.06. The summed E-state index contributed by atoms with van der Waals surface area (Å²) < 4.78 is 1.18. The van der Waals surface area contributed by atoms with E-state index in [0.29, 0.717) is 6.04 Å². The number of aliphatic hydroxyl groups is 1. The van der Waals surface area contributed by atoms with Crippen LogP contribution in [0.2, 0.25) is 0 Å². The fourth-order valence-corrected chi connectivity index (χ4v) is 4.12. The first kappa shape index (κ1) is 15.5. The average Bonchev–Trinajstić information content (AvgIpc) is 2.49. The lowest BCUT2D eigenvalue weighted by Gasteiger charge is -2.37. The van der Waals surface area contributed by atoms with E-state index in [1.54, 1.807) is 0 Å². The van der Waals surface area contributed by atoms with Gasteiger partial charge in [0.15, 0.2) is 0 Å². The topological polar surface area (TPSA) is 32.3 Å². The molecule has 3 rings (SSSR count). The molecule has 3 heteroatoms. The maximum Gasteiger partial charge on any atom is 0.0771 e. The minimum atomic E-state index is -0.466. The Morgan fingerprint density at radius 2 is 2.00 bits per heavy atom. The number of hydrogen-bond donors (Lipinski definition) is 2. The standard InChI is InChI=1S/C18H26BrNO/c1-13-6-8-18(21,9-7-13)12-20-17-5-3-14-10-16(19)4-2-15(14)11-17/h2,4,10,13,17,20-21H,3,5-9,11-12H2,1H3. The molecule has 1 aromatic carbocycles. The molecule has 0 radical (unpaired) electrons. The molecule has 0 aliphatic heterocycles. The van der Waals surface area contributed by atoms with Gasteiger partial charge in [0, 0.05) is 17.1 Å². The Kier molecular flexibility index (Phi) is 4.72. The van der Waals surface area contributed by atoms with E-state index < -0.39 is 5.60 Å². The van der Waals surface area contributed by atoms with Crippen LogP contribution < -0.4 is 5.32 Å². The first-order valence-electron chi connectivity index (χ1n) is 8.27. The van der Waals surface area contributed by atoms with Crippen molar-refractivity contribution >= 4 is 15.9 Å². The summed E-state index contributed by atoms with van der Waals surface area (Å²) in [5.74, 6) is 0.783. The van der Waals surface area contributed by atoms with Crippen molar-refractivity contribution in [3.8, 4) is 0 Å². The van der Waals surface area contributed by atoms with E-state index in [2.05, 4.69) is 46.4 Å². The maximum atomic E-state index is 10.7. The Morgan fingerprint density at radius 3 is 2.76 bits per heavy atom. The van der Waals surface area contributed by atoms with Crippen molar-refractivity contribution in [3.05, 3.63) is 33.8 Å². The molecule has 116 valence electrons. The normalized spacial score (nSPS) is 32.7. The van der Waals surface area contributed by atoms with Crippen LogP contribution in [0.25, 0.3) is 0 Å². The van der Waals surface area contributed by atoms with E-state index in [1.807, 2.05) is 0 Å². The molecule has 21 heavy (non-hydrogen) atoms. The van der Waals surface area contributed by atoms with Crippen LogP contribution in [0.15, 0.2) is 22.7 Å². The summed E-state index contributed by atoms with van der Waals surface area (Å²) in [7, 11) is 0. The first-order chi connectivity index (χ1) is 10.0. The third-order valence-corrected chi connectivity index (χ3v) is 5.81. The van der Waals surface area contributed by atoms with E-state index in [4.69, 9.17) is 0 Å². The molecule has 2 N–H and O–H groups in total. The summed E-state index contributed by atoms with van der Waals surface area (Å²) in [6.45, 7) is 3.06. The zero-order valence-electron chi connectivity index (χ0n) is 12.9. The lowest BCUT2D eigenvalue weighted by Crippen LogP contribution is -2.47.